The van der Waals surface area contributed by atoms with E-state index < -0.39 is 0 Å². The minimum absolute atomic E-state index is 0.136. The summed E-state index contributed by atoms with van der Waals surface area (Å²) in [6, 6.07) is 7.36. The summed E-state index contributed by atoms with van der Waals surface area (Å²) in [5, 5.41) is 9.60. The highest BCUT2D eigenvalue weighted by atomic mass is 32.2. The van der Waals surface area contributed by atoms with Crippen molar-refractivity contribution in [3.8, 4) is 5.75 Å². The highest BCUT2D eigenvalue weighted by Crippen LogP contribution is 2.28. The van der Waals surface area contributed by atoms with Crippen molar-refractivity contribution < 1.29 is 14.6 Å². The molecule has 17 heavy (non-hydrogen) atoms. The van der Waals surface area contributed by atoms with Crippen LogP contribution in [0, 0.1) is 0 Å². The first-order valence-electron chi connectivity index (χ1n) is 5.91. The van der Waals surface area contributed by atoms with Gasteiger partial charge in [0.15, 0.2) is 6.29 Å². The number of ether oxygens (including phenoxy) is 2. The number of phenols is 1. The van der Waals surface area contributed by atoms with Gasteiger partial charge in [-0.1, -0.05) is 12.1 Å². The smallest absolute Gasteiger partial charge is 0.158 e. The van der Waals surface area contributed by atoms with Crippen LogP contribution in [-0.4, -0.2) is 30.4 Å². The largest absolute Gasteiger partial charge is 0.507 e. The molecule has 0 unspecified atom stereocenters. The maximum atomic E-state index is 9.60. The lowest BCUT2D eigenvalue weighted by atomic mass is 10.3. The quantitative estimate of drug-likeness (QED) is 0.572. The van der Waals surface area contributed by atoms with Gasteiger partial charge in [-0.2, -0.15) is 0 Å². The van der Waals surface area contributed by atoms with Crippen molar-refractivity contribution in [2.24, 2.45) is 0 Å². The van der Waals surface area contributed by atoms with E-state index in [0.717, 1.165) is 17.1 Å². The molecular weight excluding hydrogens is 236 g/mol. The van der Waals surface area contributed by atoms with E-state index in [4.69, 9.17) is 9.47 Å². The molecule has 0 bridgehead atoms. The Hall–Kier alpha value is -0.710. The SMILES string of the molecule is CCOC(CCSc1ccccc1O)OCC. The Morgan fingerprint density at radius 3 is 2.41 bits per heavy atom. The minimum Gasteiger partial charge on any atom is -0.507 e. The minimum atomic E-state index is -0.136. The third-order valence-electron chi connectivity index (χ3n) is 2.18. The highest BCUT2D eigenvalue weighted by molar-refractivity contribution is 7.99. The number of hydrogen-bond donors (Lipinski definition) is 1. The number of phenolic OH excluding ortho intramolecular Hbond substituents is 1. The number of hydrogen-bond acceptors (Lipinski definition) is 4. The van der Waals surface area contributed by atoms with Gasteiger partial charge in [0, 0.05) is 30.3 Å². The first-order valence-corrected chi connectivity index (χ1v) is 6.90. The summed E-state index contributed by atoms with van der Waals surface area (Å²) in [5.74, 6) is 1.20. The Balaban J connectivity index is 2.33. The van der Waals surface area contributed by atoms with Crippen LogP contribution in [-0.2, 0) is 9.47 Å². The summed E-state index contributed by atoms with van der Waals surface area (Å²) in [4.78, 5) is 0.902. The van der Waals surface area contributed by atoms with E-state index in [0.29, 0.717) is 19.0 Å². The van der Waals surface area contributed by atoms with Gasteiger partial charge < -0.3 is 14.6 Å². The molecule has 0 heterocycles. The predicted molar refractivity (Wildman–Crippen MR) is 70.5 cm³/mol. The maximum Gasteiger partial charge on any atom is 0.158 e. The zero-order valence-electron chi connectivity index (χ0n) is 10.4. The first-order chi connectivity index (χ1) is 8.27. The Labute approximate surface area is 107 Å². The lowest BCUT2D eigenvalue weighted by molar-refractivity contribution is -0.136. The van der Waals surface area contributed by atoms with E-state index in [1.54, 1.807) is 17.8 Å². The summed E-state index contributed by atoms with van der Waals surface area (Å²) >= 11 is 1.62. The van der Waals surface area contributed by atoms with Crippen LogP contribution in [0.4, 0.5) is 0 Å². The van der Waals surface area contributed by atoms with Crippen molar-refractivity contribution in [3.05, 3.63) is 24.3 Å². The molecular formula is C13H20O3S. The van der Waals surface area contributed by atoms with Crippen molar-refractivity contribution in [1.29, 1.82) is 0 Å². The molecule has 0 saturated carbocycles. The maximum absolute atomic E-state index is 9.60. The number of rotatable bonds is 8. The van der Waals surface area contributed by atoms with Crippen molar-refractivity contribution in [1.82, 2.24) is 0 Å². The topological polar surface area (TPSA) is 38.7 Å². The van der Waals surface area contributed by atoms with Gasteiger partial charge in [0.1, 0.15) is 5.75 Å². The van der Waals surface area contributed by atoms with E-state index in [-0.39, 0.29) is 6.29 Å². The summed E-state index contributed by atoms with van der Waals surface area (Å²) in [5.41, 5.74) is 0. The molecule has 4 heteroatoms. The lowest BCUT2D eigenvalue weighted by Crippen LogP contribution is -2.18. The van der Waals surface area contributed by atoms with E-state index in [9.17, 15) is 5.11 Å². The van der Waals surface area contributed by atoms with E-state index in [1.165, 1.54) is 0 Å². The van der Waals surface area contributed by atoms with Gasteiger partial charge in [0.2, 0.25) is 0 Å². The Morgan fingerprint density at radius 2 is 1.82 bits per heavy atom. The average Bonchev–Trinajstić information content (AvgIpc) is 2.32. The van der Waals surface area contributed by atoms with Crippen LogP contribution in [0.1, 0.15) is 20.3 Å². The van der Waals surface area contributed by atoms with Crippen LogP contribution < -0.4 is 0 Å². The highest BCUT2D eigenvalue weighted by Gasteiger charge is 2.08. The van der Waals surface area contributed by atoms with E-state index in [2.05, 4.69) is 0 Å². The molecule has 0 aliphatic heterocycles. The second-order valence-electron chi connectivity index (χ2n) is 3.45. The molecule has 3 nitrogen and oxygen atoms in total. The van der Waals surface area contributed by atoms with Crippen molar-refractivity contribution >= 4 is 11.8 Å². The molecule has 96 valence electrons. The molecule has 1 rings (SSSR count). The molecule has 0 aliphatic carbocycles. The van der Waals surface area contributed by atoms with E-state index >= 15 is 0 Å². The predicted octanol–water partition coefficient (Wildman–Crippen LogP) is 3.27. The Kier molecular flexibility index (Phi) is 7.08. The summed E-state index contributed by atoms with van der Waals surface area (Å²) in [6.45, 7) is 5.24. The van der Waals surface area contributed by atoms with Crippen LogP contribution in [0.25, 0.3) is 0 Å². The third kappa shape index (κ3) is 5.44. The fraction of sp³-hybridized carbons (Fsp3) is 0.538. The lowest BCUT2D eigenvalue weighted by Gasteiger charge is -2.16. The van der Waals surface area contributed by atoms with Gasteiger partial charge in [-0.3, -0.25) is 0 Å². The zero-order chi connectivity index (χ0) is 12.5. The standard InChI is InChI=1S/C13H20O3S/c1-3-15-13(16-4-2)9-10-17-12-8-6-5-7-11(12)14/h5-8,13-14H,3-4,9-10H2,1-2H3. The molecule has 0 saturated heterocycles. The van der Waals surface area contributed by atoms with Crippen LogP contribution in [0.5, 0.6) is 5.75 Å². The fourth-order valence-electron chi connectivity index (χ4n) is 1.43. The summed E-state index contributed by atoms with van der Waals surface area (Å²) < 4.78 is 10.9. The molecule has 0 amide bonds. The fourth-order valence-corrected chi connectivity index (χ4v) is 2.35. The van der Waals surface area contributed by atoms with Crippen LogP contribution >= 0.6 is 11.8 Å². The molecule has 0 radical (unpaired) electrons. The molecule has 0 spiro atoms. The van der Waals surface area contributed by atoms with Crippen molar-refractivity contribution in [2.45, 2.75) is 31.5 Å². The average molecular weight is 256 g/mol. The van der Waals surface area contributed by atoms with Crippen LogP contribution in [0.15, 0.2) is 29.2 Å². The van der Waals surface area contributed by atoms with Gasteiger partial charge in [0.25, 0.3) is 0 Å². The number of thioether (sulfide) groups is 1. The zero-order valence-corrected chi connectivity index (χ0v) is 11.2. The van der Waals surface area contributed by atoms with Gasteiger partial charge in [-0.25, -0.2) is 0 Å². The van der Waals surface area contributed by atoms with Gasteiger partial charge in [-0.05, 0) is 26.0 Å². The molecule has 0 aliphatic rings. The van der Waals surface area contributed by atoms with Crippen LogP contribution in [0.2, 0.25) is 0 Å². The molecule has 1 N–H and O–H groups in total. The molecule has 0 atom stereocenters. The Morgan fingerprint density at radius 1 is 1.18 bits per heavy atom. The van der Waals surface area contributed by atoms with Gasteiger partial charge >= 0.3 is 0 Å². The van der Waals surface area contributed by atoms with Crippen molar-refractivity contribution in [3.63, 3.8) is 0 Å². The van der Waals surface area contributed by atoms with Crippen LogP contribution in [0.3, 0.4) is 0 Å². The third-order valence-corrected chi connectivity index (χ3v) is 3.28. The second kappa shape index (κ2) is 8.39. The monoisotopic (exact) mass is 256 g/mol. The Bertz CT molecular complexity index is 311. The molecule has 0 aromatic heterocycles. The van der Waals surface area contributed by atoms with E-state index in [1.807, 2.05) is 32.0 Å². The summed E-state index contributed by atoms with van der Waals surface area (Å²) in [7, 11) is 0. The number of para-hydroxylation sites is 1. The van der Waals surface area contributed by atoms with Gasteiger partial charge in [-0.15, -0.1) is 11.8 Å². The second-order valence-corrected chi connectivity index (χ2v) is 4.58. The molecule has 1 aromatic rings. The number of aromatic hydroxyl groups is 1. The normalized spacial score (nSPS) is 11.0. The molecule has 0 fully saturated rings. The molecule has 1 aromatic carbocycles. The summed E-state index contributed by atoms with van der Waals surface area (Å²) in [6.07, 6.45) is 0.684. The number of benzene rings is 1. The first kappa shape index (κ1) is 14.4. The van der Waals surface area contributed by atoms with Crippen molar-refractivity contribution in [2.75, 3.05) is 19.0 Å². The van der Waals surface area contributed by atoms with Gasteiger partial charge in [0.05, 0.1) is 0 Å².